The molecule has 33 heavy (non-hydrogen) atoms. The number of hydrogen-bond donors (Lipinski definition) is 1. The van der Waals surface area contributed by atoms with Gasteiger partial charge < -0.3 is 9.40 Å². The quantitative estimate of drug-likeness (QED) is 0.614. The summed E-state index contributed by atoms with van der Waals surface area (Å²) in [4.78, 5) is 43.8. The Morgan fingerprint density at radius 2 is 1.45 bits per heavy atom. The van der Waals surface area contributed by atoms with Crippen molar-refractivity contribution in [1.82, 2.24) is 10.0 Å². The lowest BCUT2D eigenvalue weighted by Gasteiger charge is -2.26. The fourth-order valence-electron chi connectivity index (χ4n) is 6.04. The van der Waals surface area contributed by atoms with Gasteiger partial charge in [0.1, 0.15) is 5.56 Å². The van der Waals surface area contributed by atoms with Gasteiger partial charge in [-0.15, -0.1) is 0 Å². The van der Waals surface area contributed by atoms with E-state index in [1.54, 1.807) is 6.07 Å². The number of carbonyl (C=O) groups excluding carboxylic acids is 2. The molecule has 0 aliphatic heterocycles. The molecular formula is C27H40N2O4. The average Bonchev–Trinajstić information content (AvgIpc) is 2.81. The Bertz CT molecular complexity index is 879. The van der Waals surface area contributed by atoms with Crippen LogP contribution in [0.2, 0.25) is 0 Å². The monoisotopic (exact) mass is 456 g/mol. The van der Waals surface area contributed by atoms with Crippen LogP contribution in [0.25, 0.3) is 0 Å². The predicted octanol–water partition coefficient (Wildman–Crippen LogP) is 5.25. The van der Waals surface area contributed by atoms with Gasteiger partial charge in [-0.2, -0.15) is 5.48 Å². The largest absolute Gasteiger partial charge is 0.341 e. The summed E-state index contributed by atoms with van der Waals surface area (Å²) in [7, 11) is 0. The van der Waals surface area contributed by atoms with Crippen LogP contribution in [0.3, 0.4) is 0 Å². The number of rotatable bonds is 5. The first-order valence-corrected chi connectivity index (χ1v) is 13.4. The zero-order valence-electron chi connectivity index (χ0n) is 20.0. The maximum Gasteiger partial charge on any atom is 0.332 e. The van der Waals surface area contributed by atoms with Gasteiger partial charge in [0.15, 0.2) is 0 Å². The predicted molar refractivity (Wildman–Crippen MR) is 128 cm³/mol. The number of aryl methyl sites for hydroxylation is 1. The minimum absolute atomic E-state index is 0.107. The van der Waals surface area contributed by atoms with Gasteiger partial charge in [-0.05, 0) is 74.8 Å². The summed E-state index contributed by atoms with van der Waals surface area (Å²) in [5, 5.41) is 0. The number of nitrogens with one attached hydrogen (secondary N) is 1. The van der Waals surface area contributed by atoms with E-state index in [1.807, 2.05) is 4.57 Å². The van der Waals surface area contributed by atoms with Crippen molar-refractivity contribution in [2.45, 2.75) is 116 Å². The summed E-state index contributed by atoms with van der Waals surface area (Å²) in [6.07, 6.45) is 18.3. The Hall–Kier alpha value is -2.11. The van der Waals surface area contributed by atoms with Gasteiger partial charge in [-0.1, -0.05) is 51.4 Å². The lowest BCUT2D eigenvalue weighted by atomic mass is 9.87. The van der Waals surface area contributed by atoms with E-state index >= 15 is 0 Å². The summed E-state index contributed by atoms with van der Waals surface area (Å²) in [6, 6.07) is 1.77. The number of amides is 1. The van der Waals surface area contributed by atoms with Gasteiger partial charge in [0.25, 0.3) is 11.5 Å². The van der Waals surface area contributed by atoms with Crippen molar-refractivity contribution in [3.63, 3.8) is 0 Å². The topological polar surface area (TPSA) is 77.4 Å². The summed E-state index contributed by atoms with van der Waals surface area (Å²) in [5.74, 6) is -0.173. The van der Waals surface area contributed by atoms with E-state index < -0.39 is 11.9 Å². The molecule has 0 saturated heterocycles. The number of carbonyl (C=O) groups is 2. The minimum atomic E-state index is -0.598. The number of aromatic nitrogens is 1. The molecule has 1 aromatic rings. The molecular weight excluding hydrogens is 416 g/mol. The van der Waals surface area contributed by atoms with Crippen molar-refractivity contribution >= 4 is 11.9 Å². The Morgan fingerprint density at radius 1 is 0.848 bits per heavy atom. The second kappa shape index (κ2) is 11.8. The number of fused-ring (bicyclic) bond motifs is 1. The lowest BCUT2D eigenvalue weighted by molar-refractivity contribution is -0.150. The molecule has 0 spiro atoms. The van der Waals surface area contributed by atoms with Crippen LogP contribution in [-0.2, 0) is 29.0 Å². The highest BCUT2D eigenvalue weighted by Gasteiger charge is 2.24. The molecule has 2 fully saturated rings. The zero-order valence-corrected chi connectivity index (χ0v) is 20.0. The second-order valence-electron chi connectivity index (χ2n) is 10.5. The van der Waals surface area contributed by atoms with E-state index in [0.29, 0.717) is 24.8 Å². The maximum atomic E-state index is 13.5. The third kappa shape index (κ3) is 6.48. The molecule has 6 heteroatoms. The molecule has 3 aliphatic rings. The molecule has 2 saturated carbocycles. The number of hydroxylamine groups is 1. The smallest absolute Gasteiger partial charge is 0.332 e. The molecule has 182 valence electrons. The van der Waals surface area contributed by atoms with Crippen LogP contribution >= 0.6 is 0 Å². The van der Waals surface area contributed by atoms with Crippen molar-refractivity contribution in [1.29, 1.82) is 0 Å². The fourth-order valence-corrected chi connectivity index (χ4v) is 6.04. The molecule has 1 N–H and O–H groups in total. The van der Waals surface area contributed by atoms with Crippen molar-refractivity contribution in [2.75, 3.05) is 0 Å². The van der Waals surface area contributed by atoms with Gasteiger partial charge in [0.05, 0.1) is 6.42 Å². The summed E-state index contributed by atoms with van der Waals surface area (Å²) >= 11 is 0. The first-order valence-electron chi connectivity index (χ1n) is 13.4. The SMILES string of the molecule is O=C(CC1CCCCC1)ONC(=O)c1cc2c(n(CC3CCCCC3)c1=O)CCCCCC2. The molecule has 1 heterocycles. The van der Waals surface area contributed by atoms with E-state index in [4.69, 9.17) is 4.84 Å². The molecule has 0 radical (unpaired) electrons. The highest BCUT2D eigenvalue weighted by atomic mass is 16.7. The van der Waals surface area contributed by atoms with Crippen molar-refractivity contribution in [3.8, 4) is 0 Å². The standard InChI is InChI=1S/C27H40N2O4/c30-25(17-20-11-5-3-6-12-20)33-28-26(31)23-18-22-15-9-1-2-10-16-24(22)29(27(23)32)19-21-13-7-4-8-14-21/h18,20-21H,1-17,19H2,(H,28,31). The van der Waals surface area contributed by atoms with Crippen LogP contribution in [0.1, 0.15) is 118 Å². The van der Waals surface area contributed by atoms with Crippen molar-refractivity contribution in [3.05, 3.63) is 33.2 Å². The van der Waals surface area contributed by atoms with Crippen molar-refractivity contribution < 1.29 is 14.4 Å². The maximum absolute atomic E-state index is 13.5. The van der Waals surface area contributed by atoms with E-state index in [-0.39, 0.29) is 11.1 Å². The minimum Gasteiger partial charge on any atom is -0.341 e. The van der Waals surface area contributed by atoms with Crippen LogP contribution in [0.15, 0.2) is 10.9 Å². The third-order valence-electron chi connectivity index (χ3n) is 7.95. The summed E-state index contributed by atoms with van der Waals surface area (Å²) in [5.41, 5.74) is 4.40. The van der Waals surface area contributed by atoms with Gasteiger partial charge in [0.2, 0.25) is 0 Å². The average molecular weight is 457 g/mol. The first-order chi connectivity index (χ1) is 16.1. The van der Waals surface area contributed by atoms with E-state index in [0.717, 1.165) is 75.5 Å². The molecule has 4 rings (SSSR count). The lowest BCUT2D eigenvalue weighted by Crippen LogP contribution is -2.37. The van der Waals surface area contributed by atoms with Gasteiger partial charge in [-0.25, -0.2) is 4.79 Å². The summed E-state index contributed by atoms with van der Waals surface area (Å²) in [6.45, 7) is 0.698. The Labute approximate surface area is 197 Å². The van der Waals surface area contributed by atoms with Crippen LogP contribution in [0, 0.1) is 11.8 Å². The van der Waals surface area contributed by atoms with Gasteiger partial charge in [0, 0.05) is 12.2 Å². The van der Waals surface area contributed by atoms with E-state index in [2.05, 4.69) is 5.48 Å². The molecule has 0 aromatic carbocycles. The molecule has 0 unspecified atom stereocenters. The summed E-state index contributed by atoms with van der Waals surface area (Å²) < 4.78 is 1.90. The van der Waals surface area contributed by atoms with Crippen LogP contribution < -0.4 is 11.0 Å². The first kappa shape index (κ1) is 24.0. The fraction of sp³-hybridized carbons (Fsp3) is 0.741. The Morgan fingerprint density at radius 3 is 2.15 bits per heavy atom. The van der Waals surface area contributed by atoms with E-state index in [1.165, 1.54) is 38.5 Å². The number of nitrogens with zero attached hydrogens (tertiary/aromatic N) is 1. The third-order valence-corrected chi connectivity index (χ3v) is 7.95. The normalized spacial score (nSPS) is 20.4. The number of pyridine rings is 1. The van der Waals surface area contributed by atoms with Crippen LogP contribution in [0.5, 0.6) is 0 Å². The van der Waals surface area contributed by atoms with Crippen molar-refractivity contribution in [2.24, 2.45) is 11.8 Å². The molecule has 0 atom stereocenters. The van der Waals surface area contributed by atoms with Crippen LogP contribution in [0.4, 0.5) is 0 Å². The van der Waals surface area contributed by atoms with Gasteiger partial charge >= 0.3 is 5.97 Å². The number of hydrogen-bond acceptors (Lipinski definition) is 4. The zero-order chi connectivity index (χ0) is 23.0. The molecule has 1 amide bonds. The van der Waals surface area contributed by atoms with Crippen LogP contribution in [-0.4, -0.2) is 16.4 Å². The molecule has 6 nitrogen and oxygen atoms in total. The molecule has 3 aliphatic carbocycles. The Balaban J connectivity index is 1.50. The molecule has 0 bridgehead atoms. The Kier molecular flexibility index (Phi) is 8.63. The molecule has 1 aromatic heterocycles. The highest BCUT2D eigenvalue weighted by molar-refractivity contribution is 5.94. The van der Waals surface area contributed by atoms with Gasteiger partial charge in [-0.3, -0.25) is 9.59 Å². The second-order valence-corrected chi connectivity index (χ2v) is 10.5. The highest BCUT2D eigenvalue weighted by Crippen LogP contribution is 2.28. The van der Waals surface area contributed by atoms with E-state index in [9.17, 15) is 14.4 Å².